The second kappa shape index (κ2) is 6.55. The molecule has 1 aromatic carbocycles. The third-order valence-electron chi connectivity index (χ3n) is 1.65. The van der Waals surface area contributed by atoms with E-state index in [4.69, 9.17) is 4.55 Å². The van der Waals surface area contributed by atoms with Gasteiger partial charge in [-0.1, -0.05) is 0 Å². The molecule has 10 heteroatoms. The standard InChI is InChI=1S/C8H7F3O5S.K.H/c1-15-6-4-5(16-8(9,10)11)2-3-7(6)17(12,13)14;;/h2-4H,1H3,(H,12,13,14);;/q;+1;-1. The van der Waals surface area contributed by atoms with Crippen molar-refractivity contribution in [1.29, 1.82) is 0 Å². The normalized spacial score (nSPS) is 11.6. The van der Waals surface area contributed by atoms with E-state index >= 15 is 0 Å². The van der Waals surface area contributed by atoms with Crippen molar-refractivity contribution >= 4 is 10.1 Å². The first-order valence-corrected chi connectivity index (χ1v) is 5.49. The number of alkyl halides is 3. The van der Waals surface area contributed by atoms with Gasteiger partial charge in [0.15, 0.2) is 0 Å². The first-order valence-electron chi connectivity index (χ1n) is 4.05. The SMILES string of the molecule is COc1cc(OC(F)(F)F)ccc1S(=O)(=O)O.[H-].[K+]. The van der Waals surface area contributed by atoms with E-state index in [1.54, 1.807) is 0 Å². The average molecular weight is 312 g/mol. The Kier molecular flexibility index (Phi) is 6.60. The molecule has 1 N–H and O–H groups in total. The summed E-state index contributed by atoms with van der Waals surface area (Å²) in [5.74, 6) is -1.10. The van der Waals surface area contributed by atoms with Crippen molar-refractivity contribution in [2.75, 3.05) is 7.11 Å². The second-order valence-corrected chi connectivity index (χ2v) is 4.23. The van der Waals surface area contributed by atoms with Crippen LogP contribution in [-0.4, -0.2) is 26.4 Å². The van der Waals surface area contributed by atoms with Crippen LogP contribution in [0, 0.1) is 0 Å². The first-order chi connectivity index (χ1) is 7.63. The van der Waals surface area contributed by atoms with Crippen molar-refractivity contribution in [3.8, 4) is 11.5 Å². The first kappa shape index (κ1) is 18.2. The molecular formula is C8H8F3KO5S. The van der Waals surface area contributed by atoms with E-state index in [2.05, 4.69) is 9.47 Å². The van der Waals surface area contributed by atoms with Gasteiger partial charge in [-0.15, -0.1) is 13.2 Å². The van der Waals surface area contributed by atoms with Crippen LogP contribution >= 0.6 is 0 Å². The van der Waals surface area contributed by atoms with Crippen LogP contribution in [0.25, 0.3) is 0 Å². The van der Waals surface area contributed by atoms with Gasteiger partial charge in [0.2, 0.25) is 0 Å². The Morgan fingerprint density at radius 1 is 1.33 bits per heavy atom. The van der Waals surface area contributed by atoms with Gasteiger partial charge >= 0.3 is 57.7 Å². The summed E-state index contributed by atoms with van der Waals surface area (Å²) in [5.41, 5.74) is 0. The largest absolute Gasteiger partial charge is 1.00 e. The van der Waals surface area contributed by atoms with Gasteiger partial charge in [0.25, 0.3) is 10.1 Å². The summed E-state index contributed by atoms with van der Waals surface area (Å²) in [6.45, 7) is 0. The van der Waals surface area contributed by atoms with Gasteiger partial charge in [-0.25, -0.2) is 0 Å². The fourth-order valence-corrected chi connectivity index (χ4v) is 1.69. The van der Waals surface area contributed by atoms with Crippen molar-refractivity contribution in [3.63, 3.8) is 0 Å². The van der Waals surface area contributed by atoms with Crippen LogP contribution in [0.15, 0.2) is 23.1 Å². The molecule has 0 fully saturated rings. The van der Waals surface area contributed by atoms with Gasteiger partial charge in [-0.2, -0.15) is 8.42 Å². The van der Waals surface area contributed by atoms with Crippen LogP contribution < -0.4 is 60.9 Å². The molecule has 0 aliphatic rings. The molecular weight excluding hydrogens is 304 g/mol. The molecule has 0 aliphatic carbocycles. The van der Waals surface area contributed by atoms with Crippen LogP contribution in [0.1, 0.15) is 1.43 Å². The summed E-state index contributed by atoms with van der Waals surface area (Å²) in [4.78, 5) is -0.644. The monoisotopic (exact) mass is 312 g/mol. The molecule has 0 saturated heterocycles. The van der Waals surface area contributed by atoms with Gasteiger partial charge in [-0.05, 0) is 12.1 Å². The number of benzene rings is 1. The molecule has 0 aliphatic heterocycles. The van der Waals surface area contributed by atoms with Gasteiger partial charge in [0, 0.05) is 6.07 Å². The summed E-state index contributed by atoms with van der Waals surface area (Å²) in [6, 6.07) is 2.20. The molecule has 18 heavy (non-hydrogen) atoms. The van der Waals surface area contributed by atoms with Crippen LogP contribution in [0.4, 0.5) is 13.2 Å². The van der Waals surface area contributed by atoms with Crippen molar-refractivity contribution in [2.24, 2.45) is 0 Å². The smallest absolute Gasteiger partial charge is 1.00 e. The van der Waals surface area contributed by atoms with Crippen molar-refractivity contribution in [2.45, 2.75) is 11.3 Å². The molecule has 0 bridgehead atoms. The molecule has 0 spiro atoms. The van der Waals surface area contributed by atoms with Crippen LogP contribution in [0.3, 0.4) is 0 Å². The van der Waals surface area contributed by atoms with E-state index in [9.17, 15) is 21.6 Å². The van der Waals surface area contributed by atoms with E-state index in [-0.39, 0.29) is 52.8 Å². The van der Waals surface area contributed by atoms with Gasteiger partial charge < -0.3 is 10.9 Å². The van der Waals surface area contributed by atoms with E-state index in [1.165, 1.54) is 0 Å². The second-order valence-electron chi connectivity index (χ2n) is 2.84. The minimum absolute atomic E-state index is 0. The average Bonchev–Trinajstić information content (AvgIpc) is 2.13. The number of halogens is 3. The zero-order valence-corrected chi connectivity index (χ0v) is 13.3. The van der Waals surface area contributed by atoms with Crippen molar-refractivity contribution in [3.05, 3.63) is 18.2 Å². The predicted octanol–water partition coefficient (Wildman–Crippen LogP) is -1.04. The minimum Gasteiger partial charge on any atom is -1.00 e. The van der Waals surface area contributed by atoms with E-state index in [1.807, 2.05) is 0 Å². The fourth-order valence-electron chi connectivity index (χ4n) is 1.06. The zero-order chi connectivity index (χ0) is 13.3. The Hall–Kier alpha value is 0.156. The maximum absolute atomic E-state index is 11.9. The van der Waals surface area contributed by atoms with Crippen molar-refractivity contribution in [1.82, 2.24) is 0 Å². The van der Waals surface area contributed by atoms with Crippen LogP contribution in [0.2, 0.25) is 0 Å². The van der Waals surface area contributed by atoms with E-state index in [0.717, 1.165) is 19.2 Å². The summed E-state index contributed by atoms with van der Waals surface area (Å²) in [6.07, 6.45) is -4.90. The quantitative estimate of drug-likeness (QED) is 0.570. The Bertz CT molecular complexity index is 520. The van der Waals surface area contributed by atoms with Crippen molar-refractivity contribution < 1.29 is 88.4 Å². The number of ether oxygens (including phenoxy) is 2. The summed E-state index contributed by atoms with van der Waals surface area (Å²) < 4.78 is 74.1. The number of hydrogen-bond donors (Lipinski definition) is 1. The molecule has 0 aromatic heterocycles. The van der Waals surface area contributed by atoms with Gasteiger partial charge in [0.05, 0.1) is 7.11 Å². The van der Waals surface area contributed by atoms with Crippen LogP contribution in [0.5, 0.6) is 11.5 Å². The molecule has 0 unspecified atom stereocenters. The van der Waals surface area contributed by atoms with E-state index < -0.39 is 32.9 Å². The number of rotatable bonds is 3. The Labute approximate surface area is 145 Å². The topological polar surface area (TPSA) is 72.8 Å². The minimum atomic E-state index is -4.90. The Morgan fingerprint density at radius 2 is 1.89 bits per heavy atom. The molecule has 1 rings (SSSR count). The summed E-state index contributed by atoms with van der Waals surface area (Å²) >= 11 is 0. The molecule has 0 atom stereocenters. The van der Waals surface area contributed by atoms with Gasteiger partial charge in [0.1, 0.15) is 16.4 Å². The molecule has 98 valence electrons. The molecule has 1 aromatic rings. The van der Waals surface area contributed by atoms with Gasteiger partial charge in [-0.3, -0.25) is 4.55 Å². The zero-order valence-electron chi connectivity index (χ0n) is 10.4. The Morgan fingerprint density at radius 3 is 2.28 bits per heavy atom. The van der Waals surface area contributed by atoms with E-state index in [0.29, 0.717) is 6.07 Å². The fraction of sp³-hybridized carbons (Fsp3) is 0.250. The summed E-state index contributed by atoms with van der Waals surface area (Å²) in [5, 5.41) is 0. The summed E-state index contributed by atoms with van der Waals surface area (Å²) in [7, 11) is -3.52. The molecule has 0 saturated carbocycles. The number of hydrogen-bond acceptors (Lipinski definition) is 4. The third-order valence-corrected chi connectivity index (χ3v) is 2.54. The molecule has 0 radical (unpaired) electrons. The molecule has 0 heterocycles. The molecule has 5 nitrogen and oxygen atoms in total. The maximum atomic E-state index is 11.9. The van der Waals surface area contributed by atoms with Crippen LogP contribution in [-0.2, 0) is 10.1 Å². The predicted molar refractivity (Wildman–Crippen MR) is 50.6 cm³/mol. The maximum Gasteiger partial charge on any atom is 1.00 e. The number of methoxy groups -OCH3 is 1. The third kappa shape index (κ3) is 5.42. The molecule has 0 amide bonds. The Balaban J connectivity index is 0.